The summed E-state index contributed by atoms with van der Waals surface area (Å²) in [7, 11) is 0. The van der Waals surface area contributed by atoms with Crippen molar-refractivity contribution in [2.45, 2.75) is 13.0 Å². The molecule has 0 aliphatic carbocycles. The number of ether oxygens (including phenoxy) is 1. The highest BCUT2D eigenvalue weighted by Gasteiger charge is 2.14. The predicted octanol–water partition coefficient (Wildman–Crippen LogP) is 3.62. The summed E-state index contributed by atoms with van der Waals surface area (Å²) in [5.41, 5.74) is 7.27. The van der Waals surface area contributed by atoms with Crippen LogP contribution in [0.25, 0.3) is 0 Å². The van der Waals surface area contributed by atoms with Crippen LogP contribution < -0.4 is 10.5 Å². The van der Waals surface area contributed by atoms with Crippen LogP contribution in [0.4, 0.5) is 0 Å². The first-order chi connectivity index (χ1) is 7.83. The van der Waals surface area contributed by atoms with Gasteiger partial charge in [-0.2, -0.15) is 0 Å². The topological polar surface area (TPSA) is 35.2 Å². The molecule has 0 saturated carbocycles. The summed E-state index contributed by atoms with van der Waals surface area (Å²) >= 11 is 1.67. The second-order valence-corrected chi connectivity index (χ2v) is 4.44. The summed E-state index contributed by atoms with van der Waals surface area (Å²) in [6, 6.07) is 11.9. The summed E-state index contributed by atoms with van der Waals surface area (Å²) in [5.74, 6) is 0.880. The molecule has 0 amide bonds. The smallest absolute Gasteiger partial charge is 0.124 e. The average molecular weight is 270 g/mol. The molecule has 2 nitrogen and oxygen atoms in total. The van der Waals surface area contributed by atoms with E-state index in [4.69, 9.17) is 10.5 Å². The van der Waals surface area contributed by atoms with Gasteiger partial charge in [-0.15, -0.1) is 23.7 Å². The molecule has 1 aromatic carbocycles. The normalized spacial score (nSPS) is 11.6. The van der Waals surface area contributed by atoms with E-state index in [2.05, 4.69) is 6.07 Å². The Bertz CT molecular complexity index is 444. The third-order valence-electron chi connectivity index (χ3n) is 2.40. The van der Waals surface area contributed by atoms with Crippen LogP contribution in [-0.2, 0) is 0 Å². The maximum Gasteiger partial charge on any atom is 0.124 e. The van der Waals surface area contributed by atoms with Crippen LogP contribution >= 0.6 is 23.7 Å². The molecular weight excluding hydrogens is 254 g/mol. The summed E-state index contributed by atoms with van der Waals surface area (Å²) in [5, 5.41) is 2.04. The van der Waals surface area contributed by atoms with Crippen LogP contribution in [0.1, 0.15) is 23.4 Å². The van der Waals surface area contributed by atoms with E-state index in [-0.39, 0.29) is 18.4 Å². The SMILES string of the molecule is CCOc1ccccc1[C@H](N)c1cccs1.Cl. The number of para-hydroxylation sites is 1. The number of hydrogen-bond acceptors (Lipinski definition) is 3. The molecule has 1 heterocycles. The third kappa shape index (κ3) is 3.22. The van der Waals surface area contributed by atoms with Crippen molar-refractivity contribution >= 4 is 23.7 Å². The fraction of sp³-hybridized carbons (Fsp3) is 0.231. The molecule has 0 aliphatic heterocycles. The Balaban J connectivity index is 0.00000144. The quantitative estimate of drug-likeness (QED) is 0.920. The van der Waals surface area contributed by atoms with E-state index >= 15 is 0 Å². The zero-order chi connectivity index (χ0) is 11.4. The number of hydrogen-bond donors (Lipinski definition) is 1. The predicted molar refractivity (Wildman–Crippen MR) is 75.2 cm³/mol. The second kappa shape index (κ2) is 6.64. The van der Waals surface area contributed by atoms with Crippen LogP contribution in [0.5, 0.6) is 5.75 Å². The molecule has 1 atom stereocenters. The Morgan fingerprint density at radius 3 is 2.65 bits per heavy atom. The molecule has 2 aromatic rings. The highest BCUT2D eigenvalue weighted by atomic mass is 35.5. The molecule has 2 rings (SSSR count). The molecule has 4 heteroatoms. The fourth-order valence-electron chi connectivity index (χ4n) is 1.65. The van der Waals surface area contributed by atoms with Gasteiger partial charge in [-0.3, -0.25) is 0 Å². The van der Waals surface area contributed by atoms with E-state index in [1.165, 1.54) is 0 Å². The van der Waals surface area contributed by atoms with Crippen LogP contribution in [0.2, 0.25) is 0 Å². The van der Waals surface area contributed by atoms with Gasteiger partial charge in [0.25, 0.3) is 0 Å². The van der Waals surface area contributed by atoms with Crippen LogP contribution in [0.15, 0.2) is 41.8 Å². The van der Waals surface area contributed by atoms with Gasteiger partial charge in [0.05, 0.1) is 12.6 Å². The van der Waals surface area contributed by atoms with Gasteiger partial charge in [-0.05, 0) is 24.4 Å². The van der Waals surface area contributed by atoms with Gasteiger partial charge in [-0.1, -0.05) is 24.3 Å². The molecule has 17 heavy (non-hydrogen) atoms. The van der Waals surface area contributed by atoms with Crippen molar-refractivity contribution in [2.75, 3.05) is 6.61 Å². The Morgan fingerprint density at radius 1 is 1.24 bits per heavy atom. The lowest BCUT2D eigenvalue weighted by Crippen LogP contribution is -2.12. The lowest BCUT2D eigenvalue weighted by molar-refractivity contribution is 0.335. The highest BCUT2D eigenvalue weighted by Crippen LogP contribution is 2.30. The summed E-state index contributed by atoms with van der Waals surface area (Å²) in [6.07, 6.45) is 0. The molecule has 2 N–H and O–H groups in total. The summed E-state index contributed by atoms with van der Waals surface area (Å²) in [4.78, 5) is 1.16. The third-order valence-corrected chi connectivity index (χ3v) is 3.36. The summed E-state index contributed by atoms with van der Waals surface area (Å²) in [6.45, 7) is 2.64. The first-order valence-electron chi connectivity index (χ1n) is 5.33. The summed E-state index contributed by atoms with van der Waals surface area (Å²) < 4.78 is 5.58. The number of benzene rings is 1. The minimum Gasteiger partial charge on any atom is -0.494 e. The van der Waals surface area contributed by atoms with Crippen LogP contribution in [0, 0.1) is 0 Å². The van der Waals surface area contributed by atoms with Gasteiger partial charge in [-0.25, -0.2) is 0 Å². The minimum atomic E-state index is -0.0947. The van der Waals surface area contributed by atoms with Gasteiger partial charge in [0.1, 0.15) is 5.75 Å². The molecule has 0 aliphatic rings. The average Bonchev–Trinajstić information content (AvgIpc) is 2.83. The zero-order valence-corrected chi connectivity index (χ0v) is 11.3. The largest absolute Gasteiger partial charge is 0.494 e. The van der Waals surface area contributed by atoms with Gasteiger partial charge < -0.3 is 10.5 Å². The van der Waals surface area contributed by atoms with Crippen molar-refractivity contribution in [3.63, 3.8) is 0 Å². The zero-order valence-electron chi connectivity index (χ0n) is 9.63. The first kappa shape index (κ1) is 14.0. The van der Waals surface area contributed by atoms with E-state index < -0.39 is 0 Å². The first-order valence-corrected chi connectivity index (χ1v) is 6.21. The molecule has 1 aromatic heterocycles. The van der Waals surface area contributed by atoms with Gasteiger partial charge in [0, 0.05) is 10.4 Å². The fourth-order valence-corrected chi connectivity index (χ4v) is 2.39. The monoisotopic (exact) mass is 269 g/mol. The van der Waals surface area contributed by atoms with Crippen LogP contribution in [-0.4, -0.2) is 6.61 Å². The number of halogens is 1. The molecule has 0 fully saturated rings. The van der Waals surface area contributed by atoms with E-state index in [0.717, 1.165) is 16.2 Å². The van der Waals surface area contributed by atoms with Crippen molar-refractivity contribution in [1.82, 2.24) is 0 Å². The Hall–Kier alpha value is -1.03. The van der Waals surface area contributed by atoms with Gasteiger partial charge in [0.2, 0.25) is 0 Å². The highest BCUT2D eigenvalue weighted by molar-refractivity contribution is 7.10. The van der Waals surface area contributed by atoms with Crippen molar-refractivity contribution in [3.8, 4) is 5.75 Å². The molecule has 0 bridgehead atoms. The lowest BCUT2D eigenvalue weighted by atomic mass is 10.1. The molecule has 0 radical (unpaired) electrons. The minimum absolute atomic E-state index is 0. The lowest BCUT2D eigenvalue weighted by Gasteiger charge is -2.15. The van der Waals surface area contributed by atoms with E-state index in [0.29, 0.717) is 6.61 Å². The maximum atomic E-state index is 6.22. The Labute approximate surface area is 112 Å². The molecule has 92 valence electrons. The van der Waals surface area contributed by atoms with E-state index in [9.17, 15) is 0 Å². The molecule has 0 saturated heterocycles. The standard InChI is InChI=1S/C13H15NOS.ClH/c1-2-15-11-7-4-3-6-10(11)13(14)12-8-5-9-16-12;/h3-9,13H,2,14H2,1H3;1H/t13-;/m0./s1. The van der Waals surface area contributed by atoms with Crippen molar-refractivity contribution < 1.29 is 4.74 Å². The maximum absolute atomic E-state index is 6.22. The molecule has 0 spiro atoms. The van der Waals surface area contributed by atoms with Crippen LogP contribution in [0.3, 0.4) is 0 Å². The van der Waals surface area contributed by atoms with E-state index in [1.807, 2.05) is 42.6 Å². The Kier molecular flexibility index (Phi) is 5.48. The number of thiophene rings is 1. The van der Waals surface area contributed by atoms with E-state index in [1.54, 1.807) is 11.3 Å². The van der Waals surface area contributed by atoms with Gasteiger partial charge in [0.15, 0.2) is 0 Å². The number of rotatable bonds is 4. The molecule has 0 unspecified atom stereocenters. The van der Waals surface area contributed by atoms with Crippen molar-refractivity contribution in [3.05, 3.63) is 52.2 Å². The second-order valence-electron chi connectivity index (χ2n) is 3.46. The number of nitrogens with two attached hydrogens (primary N) is 1. The van der Waals surface area contributed by atoms with Crippen molar-refractivity contribution in [2.24, 2.45) is 5.73 Å². The molecular formula is C13H16ClNOS. The van der Waals surface area contributed by atoms with Crippen molar-refractivity contribution in [1.29, 1.82) is 0 Å². The Morgan fingerprint density at radius 2 is 2.00 bits per heavy atom. The van der Waals surface area contributed by atoms with Gasteiger partial charge >= 0.3 is 0 Å².